The van der Waals surface area contributed by atoms with E-state index in [2.05, 4.69) is 20.5 Å². The minimum Gasteiger partial charge on any atom is -0.342 e. The number of H-pyrrole nitrogens is 1. The van der Waals surface area contributed by atoms with Gasteiger partial charge in [-0.3, -0.25) is 19.0 Å². The van der Waals surface area contributed by atoms with Gasteiger partial charge in [0, 0.05) is 19.5 Å². The Morgan fingerprint density at radius 3 is 2.29 bits per heavy atom. The number of aryl methyl sites for hydroxylation is 3. The number of para-hydroxylation sites is 2. The number of amides is 1. The number of rotatable bonds is 8. The van der Waals surface area contributed by atoms with Crippen LogP contribution in [0.3, 0.4) is 0 Å². The van der Waals surface area contributed by atoms with Crippen molar-refractivity contribution in [3.05, 3.63) is 82.3 Å². The molecule has 2 heterocycles. The van der Waals surface area contributed by atoms with Crippen molar-refractivity contribution >= 4 is 16.9 Å². The second-order valence-electron chi connectivity index (χ2n) is 7.51. The van der Waals surface area contributed by atoms with Gasteiger partial charge < -0.3 is 5.32 Å². The molecule has 1 atom stereocenters. The van der Waals surface area contributed by atoms with Gasteiger partial charge in [-0.1, -0.05) is 49.4 Å². The van der Waals surface area contributed by atoms with Crippen molar-refractivity contribution in [2.75, 3.05) is 0 Å². The summed E-state index contributed by atoms with van der Waals surface area (Å²) in [6.45, 7) is 4.81. The Morgan fingerprint density at radius 2 is 1.68 bits per heavy atom. The number of nitrogens with zero attached hydrogens (tertiary/aromatic N) is 4. The molecule has 1 unspecified atom stereocenters. The van der Waals surface area contributed by atoms with Crippen LogP contribution in [0.4, 0.5) is 0 Å². The van der Waals surface area contributed by atoms with Crippen LogP contribution < -0.4 is 11.0 Å². The maximum atomic E-state index is 12.9. The number of nitrogens with one attached hydrogen (secondary N) is 2. The smallest absolute Gasteiger partial charge is 0.329 e. The second kappa shape index (κ2) is 8.99. The first-order chi connectivity index (χ1) is 15.1. The van der Waals surface area contributed by atoms with Gasteiger partial charge in [0.15, 0.2) is 5.82 Å². The molecule has 31 heavy (non-hydrogen) atoms. The molecule has 0 aliphatic carbocycles. The van der Waals surface area contributed by atoms with Gasteiger partial charge >= 0.3 is 5.69 Å². The van der Waals surface area contributed by atoms with Crippen LogP contribution in [0.1, 0.15) is 43.0 Å². The van der Waals surface area contributed by atoms with E-state index >= 15 is 0 Å². The fourth-order valence-electron chi connectivity index (χ4n) is 3.81. The maximum Gasteiger partial charge on any atom is 0.329 e. The SMILES string of the molecule is CCCn1c(=O)n(CCC(=O)NC(c2ccccc2)c2n[nH]c(C)n2)c2ccccc21. The van der Waals surface area contributed by atoms with Crippen LogP contribution >= 0.6 is 0 Å². The topological polar surface area (TPSA) is 97.6 Å². The van der Waals surface area contributed by atoms with E-state index in [-0.39, 0.29) is 18.0 Å². The standard InChI is InChI=1S/C23H26N6O2/c1-3-14-28-18-11-7-8-12-19(18)29(23(28)31)15-13-20(30)25-21(17-9-5-4-6-10-17)22-24-16(2)26-27-22/h4-12,21H,3,13-15H2,1-2H3,(H,25,30)(H,24,26,27). The molecule has 160 valence electrons. The lowest BCUT2D eigenvalue weighted by Crippen LogP contribution is -2.32. The fraction of sp³-hybridized carbons (Fsp3) is 0.304. The van der Waals surface area contributed by atoms with Gasteiger partial charge in [0.25, 0.3) is 0 Å². The number of imidazole rings is 1. The molecule has 2 aromatic heterocycles. The Balaban J connectivity index is 1.55. The molecule has 0 radical (unpaired) electrons. The van der Waals surface area contributed by atoms with E-state index in [0.29, 0.717) is 24.7 Å². The summed E-state index contributed by atoms with van der Waals surface area (Å²) in [5.74, 6) is 1.02. The van der Waals surface area contributed by atoms with Crippen LogP contribution in [-0.4, -0.2) is 30.2 Å². The first-order valence-corrected chi connectivity index (χ1v) is 10.5. The van der Waals surface area contributed by atoms with Crippen molar-refractivity contribution in [3.63, 3.8) is 0 Å². The molecule has 8 heteroatoms. The first-order valence-electron chi connectivity index (χ1n) is 10.5. The second-order valence-corrected chi connectivity index (χ2v) is 7.51. The van der Waals surface area contributed by atoms with Gasteiger partial charge in [-0.2, -0.15) is 5.10 Å². The van der Waals surface area contributed by atoms with E-state index in [0.717, 1.165) is 23.0 Å². The molecule has 8 nitrogen and oxygen atoms in total. The molecule has 0 aliphatic heterocycles. The number of benzene rings is 2. The Morgan fingerprint density at radius 1 is 1.03 bits per heavy atom. The summed E-state index contributed by atoms with van der Waals surface area (Å²) in [5, 5.41) is 10.1. The lowest BCUT2D eigenvalue weighted by atomic mass is 10.1. The number of aromatic amines is 1. The molecule has 0 spiro atoms. The number of carbonyl (C=O) groups is 1. The van der Waals surface area contributed by atoms with E-state index in [4.69, 9.17) is 0 Å². The van der Waals surface area contributed by atoms with Crippen LogP contribution in [0.5, 0.6) is 0 Å². The number of hydrogen-bond acceptors (Lipinski definition) is 4. The molecule has 0 saturated heterocycles. The molecule has 0 bridgehead atoms. The maximum absolute atomic E-state index is 12.9. The monoisotopic (exact) mass is 418 g/mol. The highest BCUT2D eigenvalue weighted by atomic mass is 16.2. The summed E-state index contributed by atoms with van der Waals surface area (Å²) in [6, 6.07) is 16.8. The quantitative estimate of drug-likeness (QED) is 0.460. The Labute approximate surface area is 179 Å². The number of carbonyl (C=O) groups excluding carboxylic acids is 1. The lowest BCUT2D eigenvalue weighted by Gasteiger charge is -2.16. The van der Waals surface area contributed by atoms with Crippen molar-refractivity contribution in [2.24, 2.45) is 0 Å². The van der Waals surface area contributed by atoms with Crippen LogP contribution in [0, 0.1) is 6.92 Å². The number of fused-ring (bicyclic) bond motifs is 1. The Hall–Kier alpha value is -3.68. The highest BCUT2D eigenvalue weighted by Crippen LogP contribution is 2.19. The zero-order valence-electron chi connectivity index (χ0n) is 17.7. The van der Waals surface area contributed by atoms with Gasteiger partial charge in [-0.25, -0.2) is 9.78 Å². The predicted molar refractivity (Wildman–Crippen MR) is 119 cm³/mol. The van der Waals surface area contributed by atoms with E-state index < -0.39 is 6.04 Å². The average molecular weight is 419 g/mol. The normalized spacial score (nSPS) is 12.2. The van der Waals surface area contributed by atoms with E-state index in [1.165, 1.54) is 0 Å². The third-order valence-corrected chi connectivity index (χ3v) is 5.25. The summed E-state index contributed by atoms with van der Waals surface area (Å²) in [5.41, 5.74) is 2.55. The summed E-state index contributed by atoms with van der Waals surface area (Å²) in [4.78, 5) is 30.2. The zero-order chi connectivity index (χ0) is 21.8. The third-order valence-electron chi connectivity index (χ3n) is 5.25. The molecule has 2 aromatic carbocycles. The Bertz CT molecular complexity index is 1240. The first kappa shape index (κ1) is 20.6. The van der Waals surface area contributed by atoms with Gasteiger partial charge in [0.2, 0.25) is 5.91 Å². The predicted octanol–water partition coefficient (Wildman–Crippen LogP) is 2.94. The lowest BCUT2D eigenvalue weighted by molar-refractivity contribution is -0.121. The van der Waals surface area contributed by atoms with Crippen molar-refractivity contribution < 1.29 is 4.79 Å². The van der Waals surface area contributed by atoms with E-state index in [1.807, 2.05) is 68.4 Å². The summed E-state index contributed by atoms with van der Waals surface area (Å²) in [7, 11) is 0. The molecule has 1 amide bonds. The third kappa shape index (κ3) is 4.28. The van der Waals surface area contributed by atoms with Crippen molar-refractivity contribution in [1.82, 2.24) is 29.6 Å². The van der Waals surface area contributed by atoms with Crippen LogP contribution in [0.25, 0.3) is 11.0 Å². The van der Waals surface area contributed by atoms with E-state index in [9.17, 15) is 9.59 Å². The average Bonchev–Trinajstić information content (AvgIpc) is 3.33. The van der Waals surface area contributed by atoms with Crippen molar-refractivity contribution in [1.29, 1.82) is 0 Å². The summed E-state index contributed by atoms with van der Waals surface area (Å²) < 4.78 is 3.45. The molecular weight excluding hydrogens is 392 g/mol. The highest BCUT2D eigenvalue weighted by molar-refractivity contribution is 5.78. The number of aromatic nitrogens is 5. The summed E-state index contributed by atoms with van der Waals surface area (Å²) >= 11 is 0. The van der Waals surface area contributed by atoms with Crippen LogP contribution in [0.15, 0.2) is 59.4 Å². The minimum atomic E-state index is -0.461. The van der Waals surface area contributed by atoms with Crippen molar-refractivity contribution in [3.8, 4) is 0 Å². The number of hydrogen-bond donors (Lipinski definition) is 2. The molecular formula is C23H26N6O2. The molecule has 4 rings (SSSR count). The molecule has 4 aromatic rings. The zero-order valence-corrected chi connectivity index (χ0v) is 17.7. The van der Waals surface area contributed by atoms with Crippen molar-refractivity contribution in [2.45, 2.75) is 45.8 Å². The van der Waals surface area contributed by atoms with Crippen LogP contribution in [0.2, 0.25) is 0 Å². The molecule has 0 fully saturated rings. The molecule has 0 saturated carbocycles. The van der Waals surface area contributed by atoms with E-state index in [1.54, 1.807) is 9.13 Å². The van der Waals surface area contributed by atoms with Gasteiger partial charge in [-0.15, -0.1) is 0 Å². The van der Waals surface area contributed by atoms with Crippen LogP contribution in [-0.2, 0) is 17.9 Å². The van der Waals surface area contributed by atoms with Gasteiger partial charge in [0.05, 0.1) is 11.0 Å². The van der Waals surface area contributed by atoms with Gasteiger partial charge in [-0.05, 0) is 31.0 Å². The van der Waals surface area contributed by atoms with Gasteiger partial charge in [0.1, 0.15) is 11.9 Å². The molecule has 0 aliphatic rings. The largest absolute Gasteiger partial charge is 0.342 e. The summed E-state index contributed by atoms with van der Waals surface area (Å²) in [6.07, 6.45) is 1.04. The minimum absolute atomic E-state index is 0.0833. The fourth-order valence-corrected chi connectivity index (χ4v) is 3.81. The highest BCUT2D eigenvalue weighted by Gasteiger charge is 2.21. The molecule has 2 N–H and O–H groups in total. The Kier molecular flexibility index (Phi) is 5.97.